The zero-order valence-corrected chi connectivity index (χ0v) is 8.95. The molecule has 2 nitrogen and oxygen atoms in total. The van der Waals surface area contributed by atoms with E-state index in [0.29, 0.717) is 0 Å². The van der Waals surface area contributed by atoms with Crippen LogP contribution in [0.1, 0.15) is 6.92 Å². The Kier molecular flexibility index (Phi) is 3.72. The third-order valence-electron chi connectivity index (χ3n) is 1.91. The Morgan fingerprint density at radius 1 is 1.36 bits per heavy atom. The van der Waals surface area contributed by atoms with Crippen LogP contribution >= 0.6 is 11.6 Å². The zero-order valence-electron chi connectivity index (χ0n) is 8.20. The number of rotatable bonds is 2. The van der Waals surface area contributed by atoms with Crippen molar-refractivity contribution in [2.75, 3.05) is 11.9 Å². The van der Waals surface area contributed by atoms with Gasteiger partial charge in [-0.1, -0.05) is 35.9 Å². The fourth-order valence-electron chi connectivity index (χ4n) is 1.05. The number of para-hydroxylation sites is 1. The van der Waals surface area contributed by atoms with E-state index in [9.17, 15) is 4.79 Å². The fraction of sp³-hybridized carbons (Fsp3) is 0.182. The molecule has 0 radical (unpaired) electrons. The number of likely N-dealkylation sites (N-methyl/N-ethyl adjacent to an activating group) is 1. The minimum absolute atomic E-state index is 0.194. The minimum Gasteiger partial charge on any atom is -0.311 e. The lowest BCUT2D eigenvalue weighted by Gasteiger charge is -2.16. The van der Waals surface area contributed by atoms with Crippen molar-refractivity contribution in [1.82, 2.24) is 0 Å². The Bertz CT molecular complexity index is 346. The molecule has 0 bridgehead atoms. The van der Waals surface area contributed by atoms with Crippen LogP contribution in [0.15, 0.2) is 41.4 Å². The van der Waals surface area contributed by atoms with E-state index >= 15 is 0 Å². The summed E-state index contributed by atoms with van der Waals surface area (Å²) in [6.45, 7) is 1.74. The van der Waals surface area contributed by atoms with Gasteiger partial charge in [-0.05, 0) is 19.1 Å². The van der Waals surface area contributed by atoms with Gasteiger partial charge in [0.15, 0.2) is 0 Å². The van der Waals surface area contributed by atoms with Crippen LogP contribution in [0.5, 0.6) is 0 Å². The number of anilines is 1. The topological polar surface area (TPSA) is 20.3 Å². The Morgan fingerprint density at radius 3 is 2.43 bits per heavy atom. The molecule has 1 rings (SSSR count). The van der Waals surface area contributed by atoms with Gasteiger partial charge < -0.3 is 4.90 Å². The monoisotopic (exact) mass is 209 g/mol. The van der Waals surface area contributed by atoms with Crippen molar-refractivity contribution in [2.24, 2.45) is 0 Å². The van der Waals surface area contributed by atoms with Crippen LogP contribution in [0.4, 0.5) is 5.69 Å². The van der Waals surface area contributed by atoms with Crippen LogP contribution in [0, 0.1) is 0 Å². The van der Waals surface area contributed by atoms with Gasteiger partial charge in [0, 0.05) is 12.7 Å². The van der Waals surface area contributed by atoms with Crippen LogP contribution in [0.3, 0.4) is 0 Å². The predicted molar refractivity (Wildman–Crippen MR) is 59.5 cm³/mol. The van der Waals surface area contributed by atoms with E-state index in [2.05, 4.69) is 0 Å². The summed E-state index contributed by atoms with van der Waals surface area (Å²) in [7, 11) is 1.70. The Hall–Kier alpha value is -1.28. The van der Waals surface area contributed by atoms with Crippen molar-refractivity contribution < 1.29 is 4.79 Å². The molecule has 3 heteroatoms. The predicted octanol–water partition coefficient (Wildman–Crippen LogP) is 2.79. The van der Waals surface area contributed by atoms with Crippen LogP contribution in [0.25, 0.3) is 0 Å². The summed E-state index contributed by atoms with van der Waals surface area (Å²) in [4.78, 5) is 13.1. The van der Waals surface area contributed by atoms with Gasteiger partial charge in [0.05, 0.1) is 0 Å². The number of hydrogen-bond donors (Lipinski definition) is 0. The van der Waals surface area contributed by atoms with E-state index in [1.807, 2.05) is 30.3 Å². The molecule has 0 spiro atoms. The number of benzene rings is 1. The van der Waals surface area contributed by atoms with Gasteiger partial charge in [0.1, 0.15) is 5.03 Å². The smallest absolute Gasteiger partial charge is 0.269 e. The first-order chi connectivity index (χ1) is 6.66. The number of carbonyl (C=O) groups is 1. The number of hydrogen-bond acceptors (Lipinski definition) is 1. The molecule has 74 valence electrons. The maximum atomic E-state index is 11.6. The molecule has 0 fully saturated rings. The standard InChI is InChI=1S/C11H12ClNO/c1-3-10(12)11(14)13(2)9-7-5-4-6-8-9/h3-8H,1-2H3/b10-3+. The van der Waals surface area contributed by atoms with Gasteiger partial charge in [-0.25, -0.2) is 0 Å². The van der Waals surface area contributed by atoms with Gasteiger partial charge in [-0.2, -0.15) is 0 Å². The Morgan fingerprint density at radius 2 is 1.93 bits per heavy atom. The summed E-state index contributed by atoms with van der Waals surface area (Å²) in [5.74, 6) is -0.194. The number of amides is 1. The van der Waals surface area contributed by atoms with Crippen LogP contribution in [-0.4, -0.2) is 13.0 Å². The van der Waals surface area contributed by atoms with Crippen LogP contribution < -0.4 is 4.90 Å². The maximum absolute atomic E-state index is 11.6. The SMILES string of the molecule is C/C=C(/Cl)C(=O)N(C)c1ccccc1. The molecule has 0 N–H and O–H groups in total. The molecular weight excluding hydrogens is 198 g/mol. The summed E-state index contributed by atoms with van der Waals surface area (Å²) in [5, 5.41) is 0.233. The van der Waals surface area contributed by atoms with Crippen LogP contribution in [-0.2, 0) is 4.79 Å². The molecular formula is C11H12ClNO. The number of halogens is 1. The summed E-state index contributed by atoms with van der Waals surface area (Å²) >= 11 is 5.73. The molecule has 0 aliphatic heterocycles. The molecule has 0 unspecified atom stereocenters. The van der Waals surface area contributed by atoms with Crippen molar-refractivity contribution in [1.29, 1.82) is 0 Å². The molecule has 1 aromatic carbocycles. The van der Waals surface area contributed by atoms with Gasteiger partial charge in [0.25, 0.3) is 5.91 Å². The maximum Gasteiger partial charge on any atom is 0.269 e. The van der Waals surface area contributed by atoms with E-state index in [1.165, 1.54) is 4.90 Å². The first kappa shape index (κ1) is 10.8. The highest BCUT2D eigenvalue weighted by Crippen LogP contribution is 2.15. The largest absolute Gasteiger partial charge is 0.311 e. The summed E-state index contributed by atoms with van der Waals surface area (Å²) in [5.41, 5.74) is 0.831. The van der Waals surface area contributed by atoms with E-state index in [-0.39, 0.29) is 10.9 Å². The fourth-order valence-corrected chi connectivity index (χ4v) is 1.18. The normalized spacial score (nSPS) is 11.2. The van der Waals surface area contributed by atoms with Gasteiger partial charge >= 0.3 is 0 Å². The van der Waals surface area contributed by atoms with Crippen molar-refractivity contribution in [2.45, 2.75) is 6.92 Å². The van der Waals surface area contributed by atoms with Crippen molar-refractivity contribution in [3.8, 4) is 0 Å². The lowest BCUT2D eigenvalue weighted by Crippen LogP contribution is -2.25. The molecule has 1 aromatic rings. The highest BCUT2D eigenvalue weighted by Gasteiger charge is 2.12. The van der Waals surface area contributed by atoms with E-state index < -0.39 is 0 Å². The van der Waals surface area contributed by atoms with Crippen LogP contribution in [0.2, 0.25) is 0 Å². The van der Waals surface area contributed by atoms with Gasteiger partial charge in [-0.15, -0.1) is 0 Å². The first-order valence-electron chi connectivity index (χ1n) is 4.31. The number of carbonyl (C=O) groups excluding carboxylic acids is 1. The molecule has 14 heavy (non-hydrogen) atoms. The molecule has 0 saturated carbocycles. The second-order valence-corrected chi connectivity index (χ2v) is 3.24. The molecule has 0 heterocycles. The molecule has 0 aromatic heterocycles. The highest BCUT2D eigenvalue weighted by atomic mass is 35.5. The minimum atomic E-state index is -0.194. The second-order valence-electron chi connectivity index (χ2n) is 2.84. The lowest BCUT2D eigenvalue weighted by molar-refractivity contribution is -0.114. The quantitative estimate of drug-likeness (QED) is 0.686. The molecule has 0 saturated heterocycles. The molecule has 1 amide bonds. The average molecular weight is 210 g/mol. The van der Waals surface area contributed by atoms with E-state index in [0.717, 1.165) is 5.69 Å². The van der Waals surface area contributed by atoms with Crippen molar-refractivity contribution >= 4 is 23.2 Å². The van der Waals surface area contributed by atoms with Gasteiger partial charge in [-0.3, -0.25) is 4.79 Å². The molecule has 0 atom stereocenters. The van der Waals surface area contributed by atoms with E-state index in [4.69, 9.17) is 11.6 Å². The summed E-state index contributed by atoms with van der Waals surface area (Å²) in [6, 6.07) is 9.37. The summed E-state index contributed by atoms with van der Waals surface area (Å²) in [6.07, 6.45) is 1.59. The molecule has 0 aliphatic carbocycles. The van der Waals surface area contributed by atoms with E-state index in [1.54, 1.807) is 20.0 Å². The number of nitrogens with zero attached hydrogens (tertiary/aromatic N) is 1. The zero-order chi connectivity index (χ0) is 10.6. The third kappa shape index (κ3) is 2.36. The van der Waals surface area contributed by atoms with Crippen molar-refractivity contribution in [3.63, 3.8) is 0 Å². The first-order valence-corrected chi connectivity index (χ1v) is 4.69. The third-order valence-corrected chi connectivity index (χ3v) is 2.29. The highest BCUT2D eigenvalue weighted by molar-refractivity contribution is 6.44. The Balaban J connectivity index is 2.87. The Labute approximate surface area is 88.8 Å². The molecule has 0 aliphatic rings. The van der Waals surface area contributed by atoms with Gasteiger partial charge in [0.2, 0.25) is 0 Å². The number of allylic oxidation sites excluding steroid dienone is 1. The van der Waals surface area contributed by atoms with Crippen molar-refractivity contribution in [3.05, 3.63) is 41.4 Å². The lowest BCUT2D eigenvalue weighted by atomic mass is 10.3. The summed E-state index contributed by atoms with van der Waals surface area (Å²) < 4.78 is 0. The second kappa shape index (κ2) is 4.82. The average Bonchev–Trinajstić information content (AvgIpc) is 2.27.